The quantitative estimate of drug-likeness (QED) is 0.800. The Morgan fingerprint density at radius 3 is 3.17 bits per heavy atom. The molecule has 1 N–H and O–H groups in total. The van der Waals surface area contributed by atoms with Gasteiger partial charge in [0.2, 0.25) is 0 Å². The summed E-state index contributed by atoms with van der Waals surface area (Å²) in [7, 11) is 0. The number of aromatic nitrogens is 4. The van der Waals surface area contributed by atoms with Crippen molar-refractivity contribution >= 4 is 0 Å². The van der Waals surface area contributed by atoms with Crippen LogP contribution in [0.5, 0.6) is 0 Å². The molecule has 0 spiro atoms. The smallest absolute Gasteiger partial charge is 0.182 e. The summed E-state index contributed by atoms with van der Waals surface area (Å²) >= 11 is 0. The zero-order chi connectivity index (χ0) is 12.5. The predicted molar refractivity (Wildman–Crippen MR) is 64.4 cm³/mol. The molecule has 3 rings (SSSR count). The number of hydrogen-bond acceptors (Lipinski definition) is 5. The molecule has 6 heteroatoms. The molecule has 1 atom stereocenters. The van der Waals surface area contributed by atoms with Crippen molar-refractivity contribution in [3.8, 4) is 17.6 Å². The van der Waals surface area contributed by atoms with Crippen molar-refractivity contribution in [2.75, 3.05) is 6.54 Å². The molecular formula is C12H12N6. The van der Waals surface area contributed by atoms with Crippen molar-refractivity contribution in [2.24, 2.45) is 0 Å². The number of hydrogen-bond donors (Lipinski definition) is 1. The van der Waals surface area contributed by atoms with Crippen LogP contribution >= 0.6 is 0 Å². The van der Waals surface area contributed by atoms with E-state index in [2.05, 4.69) is 32.0 Å². The highest BCUT2D eigenvalue weighted by Gasteiger charge is 2.22. The molecule has 18 heavy (non-hydrogen) atoms. The van der Waals surface area contributed by atoms with Crippen molar-refractivity contribution in [3.63, 3.8) is 0 Å². The standard InChI is InChI=1S/C12H12N6/c1-8-11-16-17-12(18(11)6-5-14-8)10-4-2-3-9(7-13)15-10/h2-4,8,14H,5-6H2,1H3/t8-/m1/s1. The van der Waals surface area contributed by atoms with Crippen LogP contribution < -0.4 is 5.32 Å². The highest BCUT2D eigenvalue weighted by molar-refractivity contribution is 5.51. The van der Waals surface area contributed by atoms with Gasteiger partial charge in [-0.05, 0) is 19.1 Å². The molecule has 0 saturated carbocycles. The molecule has 2 aromatic heterocycles. The molecule has 1 aliphatic heterocycles. The number of pyridine rings is 1. The Hall–Kier alpha value is -2.26. The van der Waals surface area contributed by atoms with Crippen molar-refractivity contribution in [2.45, 2.75) is 19.5 Å². The van der Waals surface area contributed by atoms with Crippen LogP contribution in [0, 0.1) is 11.3 Å². The highest BCUT2D eigenvalue weighted by Crippen LogP contribution is 2.22. The fourth-order valence-electron chi connectivity index (χ4n) is 2.15. The van der Waals surface area contributed by atoms with E-state index in [9.17, 15) is 0 Å². The lowest BCUT2D eigenvalue weighted by Gasteiger charge is -2.21. The number of nitriles is 1. The van der Waals surface area contributed by atoms with E-state index in [1.165, 1.54) is 0 Å². The Balaban J connectivity index is 2.10. The normalized spacial score (nSPS) is 18.1. The second kappa shape index (κ2) is 4.20. The van der Waals surface area contributed by atoms with Gasteiger partial charge in [-0.15, -0.1) is 10.2 Å². The van der Waals surface area contributed by atoms with E-state index in [0.717, 1.165) is 24.7 Å². The fraction of sp³-hybridized carbons (Fsp3) is 0.333. The van der Waals surface area contributed by atoms with Crippen LogP contribution in [0.25, 0.3) is 11.5 Å². The molecule has 0 saturated heterocycles. The predicted octanol–water partition coefficient (Wildman–Crippen LogP) is 0.876. The lowest BCUT2D eigenvalue weighted by Crippen LogP contribution is -2.32. The number of nitrogens with one attached hydrogen (secondary N) is 1. The molecule has 3 heterocycles. The first-order chi connectivity index (χ1) is 8.79. The molecule has 0 aliphatic carbocycles. The van der Waals surface area contributed by atoms with E-state index >= 15 is 0 Å². The summed E-state index contributed by atoms with van der Waals surface area (Å²) in [4.78, 5) is 4.26. The molecule has 0 aromatic carbocycles. The van der Waals surface area contributed by atoms with Crippen molar-refractivity contribution < 1.29 is 0 Å². The summed E-state index contributed by atoms with van der Waals surface area (Å²) < 4.78 is 2.06. The molecule has 0 fully saturated rings. The Bertz CT molecular complexity index is 624. The van der Waals surface area contributed by atoms with Crippen LogP contribution in [0.15, 0.2) is 18.2 Å². The SMILES string of the molecule is C[C@H]1NCCn2c(-c3cccc(C#N)n3)nnc21. The third-order valence-corrected chi connectivity index (χ3v) is 3.05. The Morgan fingerprint density at radius 2 is 2.33 bits per heavy atom. The van der Waals surface area contributed by atoms with Gasteiger partial charge in [0.25, 0.3) is 0 Å². The summed E-state index contributed by atoms with van der Waals surface area (Å²) in [6.07, 6.45) is 0. The van der Waals surface area contributed by atoms with Gasteiger partial charge in [0.05, 0.1) is 6.04 Å². The van der Waals surface area contributed by atoms with Gasteiger partial charge in [0, 0.05) is 13.1 Å². The maximum atomic E-state index is 8.87. The molecule has 2 aromatic rings. The molecule has 0 bridgehead atoms. The van der Waals surface area contributed by atoms with Gasteiger partial charge >= 0.3 is 0 Å². The van der Waals surface area contributed by atoms with E-state index in [1.54, 1.807) is 6.07 Å². The minimum atomic E-state index is 0.194. The van der Waals surface area contributed by atoms with E-state index in [0.29, 0.717) is 11.4 Å². The minimum absolute atomic E-state index is 0.194. The molecule has 0 amide bonds. The summed E-state index contributed by atoms with van der Waals surface area (Å²) in [6.45, 7) is 3.76. The summed E-state index contributed by atoms with van der Waals surface area (Å²) in [6, 6.07) is 7.58. The first kappa shape index (κ1) is 10.9. The Morgan fingerprint density at radius 1 is 1.44 bits per heavy atom. The van der Waals surface area contributed by atoms with E-state index in [-0.39, 0.29) is 6.04 Å². The lowest BCUT2D eigenvalue weighted by molar-refractivity contribution is 0.438. The molecule has 0 unspecified atom stereocenters. The second-order valence-electron chi connectivity index (χ2n) is 4.23. The molecule has 90 valence electrons. The topological polar surface area (TPSA) is 79.4 Å². The van der Waals surface area contributed by atoms with Crippen LogP contribution in [0.4, 0.5) is 0 Å². The summed E-state index contributed by atoms with van der Waals surface area (Å²) in [5.74, 6) is 1.65. The molecular weight excluding hydrogens is 228 g/mol. The molecule has 6 nitrogen and oxygen atoms in total. The van der Waals surface area contributed by atoms with E-state index < -0.39 is 0 Å². The van der Waals surface area contributed by atoms with Crippen molar-refractivity contribution in [1.82, 2.24) is 25.1 Å². The maximum Gasteiger partial charge on any atom is 0.182 e. The second-order valence-corrected chi connectivity index (χ2v) is 4.23. The van der Waals surface area contributed by atoms with Crippen LogP contribution in [-0.4, -0.2) is 26.3 Å². The lowest BCUT2D eigenvalue weighted by atomic mass is 10.2. The van der Waals surface area contributed by atoms with Gasteiger partial charge in [0.1, 0.15) is 23.3 Å². The third kappa shape index (κ3) is 1.65. The number of nitrogens with zero attached hydrogens (tertiary/aromatic N) is 5. The van der Waals surface area contributed by atoms with Crippen LogP contribution in [0.2, 0.25) is 0 Å². The fourth-order valence-corrected chi connectivity index (χ4v) is 2.15. The van der Waals surface area contributed by atoms with Gasteiger partial charge < -0.3 is 9.88 Å². The van der Waals surface area contributed by atoms with Crippen LogP contribution in [0.3, 0.4) is 0 Å². The Labute approximate surface area is 104 Å². The first-order valence-electron chi connectivity index (χ1n) is 5.83. The largest absolute Gasteiger partial charge is 0.307 e. The average molecular weight is 240 g/mol. The van der Waals surface area contributed by atoms with Crippen molar-refractivity contribution in [1.29, 1.82) is 5.26 Å². The first-order valence-corrected chi connectivity index (χ1v) is 5.83. The number of rotatable bonds is 1. The monoisotopic (exact) mass is 240 g/mol. The summed E-state index contributed by atoms with van der Waals surface area (Å²) in [5, 5.41) is 20.6. The average Bonchev–Trinajstić information content (AvgIpc) is 2.84. The van der Waals surface area contributed by atoms with Gasteiger partial charge in [0.15, 0.2) is 5.82 Å². The zero-order valence-electron chi connectivity index (χ0n) is 9.96. The van der Waals surface area contributed by atoms with Gasteiger partial charge in [-0.2, -0.15) is 5.26 Å². The third-order valence-electron chi connectivity index (χ3n) is 3.05. The minimum Gasteiger partial charge on any atom is -0.307 e. The maximum absolute atomic E-state index is 8.87. The van der Waals surface area contributed by atoms with Gasteiger partial charge in [-0.25, -0.2) is 4.98 Å². The summed E-state index contributed by atoms with van der Waals surface area (Å²) in [5.41, 5.74) is 1.09. The van der Waals surface area contributed by atoms with Crippen molar-refractivity contribution in [3.05, 3.63) is 29.7 Å². The van der Waals surface area contributed by atoms with E-state index in [1.807, 2.05) is 18.2 Å². The van der Waals surface area contributed by atoms with Crippen LogP contribution in [0.1, 0.15) is 24.5 Å². The van der Waals surface area contributed by atoms with E-state index in [4.69, 9.17) is 5.26 Å². The number of fused-ring (bicyclic) bond motifs is 1. The van der Waals surface area contributed by atoms with Gasteiger partial charge in [-0.3, -0.25) is 0 Å². The Kier molecular flexibility index (Phi) is 2.54. The highest BCUT2D eigenvalue weighted by atomic mass is 15.3. The van der Waals surface area contributed by atoms with Crippen LogP contribution in [-0.2, 0) is 6.54 Å². The van der Waals surface area contributed by atoms with Gasteiger partial charge in [-0.1, -0.05) is 6.07 Å². The molecule has 0 radical (unpaired) electrons. The zero-order valence-corrected chi connectivity index (χ0v) is 9.96. The molecule has 1 aliphatic rings.